The number of rotatable bonds is 7. The lowest BCUT2D eigenvalue weighted by Gasteiger charge is -2.16. The normalized spacial score (nSPS) is 16.7. The number of benzene rings is 2. The average Bonchev–Trinajstić information content (AvgIpc) is 3.10. The van der Waals surface area contributed by atoms with E-state index in [1.807, 2.05) is 53.4 Å². The molecule has 6 heteroatoms. The Morgan fingerprint density at radius 3 is 2.86 bits per heavy atom. The molecule has 3 aromatic rings. The van der Waals surface area contributed by atoms with Gasteiger partial charge in [0.1, 0.15) is 5.75 Å². The van der Waals surface area contributed by atoms with Gasteiger partial charge in [-0.3, -0.25) is 9.78 Å². The van der Waals surface area contributed by atoms with Crippen molar-refractivity contribution in [2.45, 2.75) is 6.42 Å². The maximum absolute atomic E-state index is 12.0. The van der Waals surface area contributed by atoms with E-state index < -0.39 is 0 Å². The van der Waals surface area contributed by atoms with Gasteiger partial charge < -0.3 is 14.4 Å². The molecule has 0 saturated carbocycles. The van der Waals surface area contributed by atoms with Gasteiger partial charge in [-0.15, -0.1) is 0 Å². The predicted molar refractivity (Wildman–Crippen MR) is 107 cm³/mol. The maximum atomic E-state index is 12.0. The van der Waals surface area contributed by atoms with Crippen LogP contribution in [0.5, 0.6) is 5.75 Å². The number of para-hydroxylation sites is 2. The van der Waals surface area contributed by atoms with Crippen LogP contribution >= 0.6 is 0 Å². The van der Waals surface area contributed by atoms with Crippen molar-refractivity contribution in [3.63, 3.8) is 0 Å². The summed E-state index contributed by atoms with van der Waals surface area (Å²) in [6, 6.07) is 15.7. The molecule has 2 aromatic carbocycles. The molecule has 1 amide bonds. The average molecular weight is 377 g/mol. The largest absolute Gasteiger partial charge is 0.493 e. The standard InChI is InChI=1S/C22H23N3O3/c1-27-10-9-25-14-16(11-22(25)26)15-28-18-6-4-5-17(12-18)21-13-23-19-7-2-3-8-20(19)24-21/h2-8,12-13,16H,9-11,14-15H2,1H3. The first kappa shape index (κ1) is 18.4. The fourth-order valence-electron chi connectivity index (χ4n) is 3.44. The van der Waals surface area contributed by atoms with Crippen LogP contribution in [0.3, 0.4) is 0 Å². The van der Waals surface area contributed by atoms with Crippen LogP contribution < -0.4 is 4.74 Å². The second-order valence-electron chi connectivity index (χ2n) is 6.99. The number of carbonyl (C=O) groups excluding carboxylic acids is 1. The minimum Gasteiger partial charge on any atom is -0.493 e. The van der Waals surface area contributed by atoms with E-state index in [2.05, 4.69) is 4.98 Å². The lowest BCUT2D eigenvalue weighted by Crippen LogP contribution is -2.29. The van der Waals surface area contributed by atoms with E-state index in [1.54, 1.807) is 13.3 Å². The smallest absolute Gasteiger partial charge is 0.223 e. The number of methoxy groups -OCH3 is 1. The van der Waals surface area contributed by atoms with Crippen LogP contribution in [0.25, 0.3) is 22.3 Å². The van der Waals surface area contributed by atoms with Gasteiger partial charge in [0.05, 0.1) is 36.1 Å². The fraction of sp³-hybridized carbons (Fsp3) is 0.318. The van der Waals surface area contributed by atoms with Crippen molar-refractivity contribution in [2.75, 3.05) is 33.4 Å². The summed E-state index contributed by atoms with van der Waals surface area (Å²) in [4.78, 5) is 23.1. The van der Waals surface area contributed by atoms with Crippen LogP contribution in [0.4, 0.5) is 0 Å². The highest BCUT2D eigenvalue weighted by atomic mass is 16.5. The van der Waals surface area contributed by atoms with Gasteiger partial charge in [0.2, 0.25) is 5.91 Å². The molecule has 0 spiro atoms. The molecule has 1 fully saturated rings. The number of likely N-dealkylation sites (tertiary alicyclic amines) is 1. The summed E-state index contributed by atoms with van der Waals surface area (Å²) < 4.78 is 11.0. The van der Waals surface area contributed by atoms with E-state index in [9.17, 15) is 4.79 Å². The zero-order chi connectivity index (χ0) is 19.3. The number of aromatic nitrogens is 2. The Hall–Kier alpha value is -2.99. The van der Waals surface area contributed by atoms with Gasteiger partial charge in [-0.05, 0) is 24.3 Å². The van der Waals surface area contributed by atoms with Crippen LogP contribution in [0, 0.1) is 5.92 Å². The molecular formula is C22H23N3O3. The van der Waals surface area contributed by atoms with Crippen molar-refractivity contribution in [2.24, 2.45) is 5.92 Å². The van der Waals surface area contributed by atoms with Crippen molar-refractivity contribution in [1.29, 1.82) is 0 Å². The minimum absolute atomic E-state index is 0.172. The Kier molecular flexibility index (Phi) is 5.48. The first-order chi connectivity index (χ1) is 13.7. The lowest BCUT2D eigenvalue weighted by atomic mass is 10.1. The second-order valence-corrected chi connectivity index (χ2v) is 6.99. The zero-order valence-electron chi connectivity index (χ0n) is 15.9. The highest BCUT2D eigenvalue weighted by Crippen LogP contribution is 2.25. The van der Waals surface area contributed by atoms with Gasteiger partial charge in [0.25, 0.3) is 0 Å². The third-order valence-electron chi connectivity index (χ3n) is 4.92. The summed E-state index contributed by atoms with van der Waals surface area (Å²) in [6.07, 6.45) is 2.31. The number of hydrogen-bond acceptors (Lipinski definition) is 5. The highest BCUT2D eigenvalue weighted by molar-refractivity contribution is 5.78. The molecule has 6 nitrogen and oxygen atoms in total. The molecule has 1 unspecified atom stereocenters. The summed E-state index contributed by atoms with van der Waals surface area (Å²) in [5, 5.41) is 0. The zero-order valence-corrected chi connectivity index (χ0v) is 15.9. The van der Waals surface area contributed by atoms with Gasteiger partial charge in [-0.1, -0.05) is 24.3 Å². The molecule has 144 valence electrons. The minimum atomic E-state index is 0.172. The Balaban J connectivity index is 1.42. The molecule has 1 aliphatic rings. The number of fused-ring (bicyclic) bond motifs is 1. The number of ether oxygens (including phenoxy) is 2. The quantitative estimate of drug-likeness (QED) is 0.633. The van der Waals surface area contributed by atoms with E-state index in [1.165, 1.54) is 0 Å². The van der Waals surface area contributed by atoms with E-state index in [4.69, 9.17) is 14.5 Å². The lowest BCUT2D eigenvalue weighted by molar-refractivity contribution is -0.128. The molecule has 2 heterocycles. The number of nitrogens with zero attached hydrogens (tertiary/aromatic N) is 3. The van der Waals surface area contributed by atoms with Crippen molar-refractivity contribution < 1.29 is 14.3 Å². The third-order valence-corrected chi connectivity index (χ3v) is 4.92. The topological polar surface area (TPSA) is 64.6 Å². The molecule has 0 bridgehead atoms. The molecule has 0 N–H and O–H groups in total. The molecule has 1 atom stereocenters. The summed E-state index contributed by atoms with van der Waals surface area (Å²) in [5.41, 5.74) is 3.51. The van der Waals surface area contributed by atoms with Crippen molar-refractivity contribution in [3.05, 3.63) is 54.7 Å². The Morgan fingerprint density at radius 2 is 2.00 bits per heavy atom. The Bertz CT molecular complexity index is 976. The molecule has 4 rings (SSSR count). The fourth-order valence-corrected chi connectivity index (χ4v) is 3.44. The Labute approximate surface area is 164 Å². The van der Waals surface area contributed by atoms with E-state index in [-0.39, 0.29) is 11.8 Å². The molecular weight excluding hydrogens is 354 g/mol. The molecule has 1 aromatic heterocycles. The third kappa shape index (κ3) is 4.12. The Morgan fingerprint density at radius 1 is 1.14 bits per heavy atom. The highest BCUT2D eigenvalue weighted by Gasteiger charge is 2.29. The molecule has 1 saturated heterocycles. The van der Waals surface area contributed by atoms with Crippen molar-refractivity contribution in [1.82, 2.24) is 14.9 Å². The van der Waals surface area contributed by atoms with Gasteiger partial charge in [0.15, 0.2) is 0 Å². The first-order valence-corrected chi connectivity index (χ1v) is 9.44. The van der Waals surface area contributed by atoms with Crippen molar-refractivity contribution in [3.8, 4) is 17.0 Å². The SMILES string of the molecule is COCCN1CC(COc2cccc(-c3cnc4ccccc4n3)c2)CC1=O. The van der Waals surface area contributed by atoms with Crippen LogP contribution in [0.15, 0.2) is 54.7 Å². The van der Waals surface area contributed by atoms with Crippen LogP contribution in [-0.2, 0) is 9.53 Å². The number of amides is 1. The second kappa shape index (κ2) is 8.35. The molecule has 1 aliphatic heterocycles. The van der Waals surface area contributed by atoms with Gasteiger partial charge >= 0.3 is 0 Å². The van der Waals surface area contributed by atoms with E-state index >= 15 is 0 Å². The molecule has 0 radical (unpaired) electrons. The summed E-state index contributed by atoms with van der Waals surface area (Å²) in [5.74, 6) is 1.15. The van der Waals surface area contributed by atoms with Crippen LogP contribution in [0.1, 0.15) is 6.42 Å². The van der Waals surface area contributed by atoms with E-state index in [0.29, 0.717) is 26.2 Å². The summed E-state index contributed by atoms with van der Waals surface area (Å²) in [7, 11) is 1.65. The first-order valence-electron chi connectivity index (χ1n) is 9.44. The van der Waals surface area contributed by atoms with Gasteiger partial charge in [-0.25, -0.2) is 4.98 Å². The van der Waals surface area contributed by atoms with E-state index in [0.717, 1.165) is 34.6 Å². The van der Waals surface area contributed by atoms with Crippen molar-refractivity contribution >= 4 is 16.9 Å². The van der Waals surface area contributed by atoms with Gasteiger partial charge in [0, 0.05) is 38.1 Å². The monoisotopic (exact) mass is 377 g/mol. The van der Waals surface area contributed by atoms with Gasteiger partial charge in [-0.2, -0.15) is 0 Å². The molecule has 0 aliphatic carbocycles. The van der Waals surface area contributed by atoms with Crippen LogP contribution in [-0.4, -0.2) is 54.2 Å². The number of carbonyl (C=O) groups is 1. The van der Waals surface area contributed by atoms with Crippen LogP contribution in [0.2, 0.25) is 0 Å². The number of hydrogen-bond donors (Lipinski definition) is 0. The molecule has 28 heavy (non-hydrogen) atoms. The maximum Gasteiger partial charge on any atom is 0.223 e. The predicted octanol–water partition coefficient (Wildman–Crippen LogP) is 3.17. The summed E-state index contributed by atoms with van der Waals surface area (Å²) >= 11 is 0. The summed E-state index contributed by atoms with van der Waals surface area (Å²) in [6.45, 7) is 2.44.